The predicted molar refractivity (Wildman–Crippen MR) is 71.7 cm³/mol. The van der Waals surface area contributed by atoms with E-state index in [2.05, 4.69) is 45.0 Å². The third kappa shape index (κ3) is 3.87. The Morgan fingerprint density at radius 3 is 2.56 bits per heavy atom. The smallest absolute Gasteiger partial charge is 0.0934 e. The molecule has 0 aliphatic rings. The third-order valence-electron chi connectivity index (χ3n) is 2.85. The average Bonchev–Trinajstić information content (AvgIpc) is 2.61. The van der Waals surface area contributed by atoms with Crippen LogP contribution in [0, 0.1) is 11.3 Å². The monoisotopic (exact) mass is 240 g/mol. The molecule has 0 bridgehead atoms. The highest BCUT2D eigenvalue weighted by molar-refractivity contribution is 7.09. The number of aromatic nitrogens is 1. The van der Waals surface area contributed by atoms with Gasteiger partial charge in [-0.25, -0.2) is 4.98 Å². The van der Waals surface area contributed by atoms with Crippen molar-refractivity contribution < 1.29 is 0 Å². The van der Waals surface area contributed by atoms with Gasteiger partial charge in [-0.2, -0.15) is 0 Å². The Morgan fingerprint density at radius 2 is 2.06 bits per heavy atom. The van der Waals surface area contributed by atoms with Crippen molar-refractivity contribution in [1.82, 2.24) is 4.98 Å². The predicted octanol–water partition coefficient (Wildman–Crippen LogP) is 3.78. The van der Waals surface area contributed by atoms with Gasteiger partial charge in [-0.1, -0.05) is 41.0 Å². The second kappa shape index (κ2) is 5.28. The van der Waals surface area contributed by atoms with Crippen LogP contribution < -0.4 is 5.73 Å². The molecule has 1 rings (SSSR count). The topological polar surface area (TPSA) is 38.9 Å². The van der Waals surface area contributed by atoms with Gasteiger partial charge in [-0.15, -0.1) is 11.3 Å². The Balaban J connectivity index is 2.71. The van der Waals surface area contributed by atoms with E-state index in [0.717, 1.165) is 18.5 Å². The molecule has 16 heavy (non-hydrogen) atoms. The number of hydrogen-bond acceptors (Lipinski definition) is 3. The van der Waals surface area contributed by atoms with Crippen LogP contribution in [0.2, 0.25) is 0 Å². The van der Waals surface area contributed by atoms with Crippen LogP contribution in [-0.2, 0) is 6.42 Å². The maximum atomic E-state index is 6.17. The maximum absolute atomic E-state index is 6.17. The first-order valence-corrected chi connectivity index (χ1v) is 6.91. The summed E-state index contributed by atoms with van der Waals surface area (Å²) in [6.45, 7) is 11.1. The van der Waals surface area contributed by atoms with Gasteiger partial charge < -0.3 is 5.73 Å². The summed E-state index contributed by atoms with van der Waals surface area (Å²) in [6.07, 6.45) is 2.14. The lowest BCUT2D eigenvalue weighted by Crippen LogP contribution is -2.19. The van der Waals surface area contributed by atoms with Crippen molar-refractivity contribution in [3.63, 3.8) is 0 Å². The number of thiazole rings is 1. The van der Waals surface area contributed by atoms with Crippen LogP contribution in [0.15, 0.2) is 5.38 Å². The molecule has 0 saturated heterocycles. The normalized spacial score (nSPS) is 16.1. The molecule has 2 nitrogen and oxygen atoms in total. The van der Waals surface area contributed by atoms with E-state index < -0.39 is 0 Å². The van der Waals surface area contributed by atoms with E-state index in [0.29, 0.717) is 11.3 Å². The van der Waals surface area contributed by atoms with Gasteiger partial charge in [0.05, 0.1) is 16.7 Å². The molecule has 1 aromatic rings. The second-order valence-electron chi connectivity index (χ2n) is 5.81. The van der Waals surface area contributed by atoms with E-state index in [9.17, 15) is 0 Å². The molecule has 92 valence electrons. The molecular formula is C13H24N2S. The summed E-state index contributed by atoms with van der Waals surface area (Å²) in [5.41, 5.74) is 7.54. The van der Waals surface area contributed by atoms with Crippen molar-refractivity contribution in [3.05, 3.63) is 16.1 Å². The number of hydrogen-bond donors (Lipinski definition) is 1. The zero-order valence-corrected chi connectivity index (χ0v) is 11.9. The van der Waals surface area contributed by atoms with Crippen molar-refractivity contribution in [2.45, 2.75) is 53.5 Å². The first-order chi connectivity index (χ1) is 7.33. The van der Waals surface area contributed by atoms with Crippen LogP contribution in [0.4, 0.5) is 0 Å². The highest BCUT2D eigenvalue weighted by Gasteiger charge is 2.18. The number of rotatable bonds is 4. The van der Waals surface area contributed by atoms with Gasteiger partial charge >= 0.3 is 0 Å². The van der Waals surface area contributed by atoms with Crippen molar-refractivity contribution in [1.29, 1.82) is 0 Å². The molecule has 0 saturated carbocycles. The molecule has 0 radical (unpaired) electrons. The van der Waals surface area contributed by atoms with E-state index in [1.54, 1.807) is 11.3 Å². The fourth-order valence-corrected chi connectivity index (χ4v) is 2.70. The summed E-state index contributed by atoms with van der Waals surface area (Å²) < 4.78 is 0. The number of nitrogens with two attached hydrogens (primary N) is 1. The Bertz CT molecular complexity index is 325. The van der Waals surface area contributed by atoms with Crippen molar-refractivity contribution in [3.8, 4) is 0 Å². The van der Waals surface area contributed by atoms with Crippen LogP contribution in [-0.4, -0.2) is 4.98 Å². The Hall–Kier alpha value is -0.410. The molecule has 0 aliphatic carbocycles. The summed E-state index contributed by atoms with van der Waals surface area (Å²) in [7, 11) is 0. The fourth-order valence-electron chi connectivity index (χ4n) is 1.56. The minimum atomic E-state index is 0.0926. The Morgan fingerprint density at radius 1 is 1.44 bits per heavy atom. The second-order valence-corrected chi connectivity index (χ2v) is 6.76. The van der Waals surface area contributed by atoms with E-state index in [1.807, 2.05) is 0 Å². The lowest BCUT2D eigenvalue weighted by atomic mass is 9.93. The summed E-state index contributed by atoms with van der Waals surface area (Å²) in [5.74, 6) is 0.504. The van der Waals surface area contributed by atoms with Crippen LogP contribution in [0.1, 0.15) is 57.8 Å². The fraction of sp³-hybridized carbons (Fsp3) is 0.769. The lowest BCUT2D eigenvalue weighted by molar-refractivity contribution is 0.407. The van der Waals surface area contributed by atoms with Crippen molar-refractivity contribution >= 4 is 11.3 Å². The van der Waals surface area contributed by atoms with Crippen LogP contribution in [0.5, 0.6) is 0 Å². The SMILES string of the molecule is CCC(C)C(N)c1csc(CC(C)(C)C)n1. The largest absolute Gasteiger partial charge is 0.322 e. The molecule has 0 spiro atoms. The summed E-state index contributed by atoms with van der Waals surface area (Å²) in [6, 6.07) is 0.0926. The van der Waals surface area contributed by atoms with Crippen LogP contribution >= 0.6 is 11.3 Å². The lowest BCUT2D eigenvalue weighted by Gasteiger charge is -2.17. The molecule has 1 aromatic heterocycles. The highest BCUT2D eigenvalue weighted by atomic mass is 32.1. The zero-order chi connectivity index (χ0) is 12.3. The zero-order valence-electron chi connectivity index (χ0n) is 11.1. The molecule has 0 fully saturated rings. The van der Waals surface area contributed by atoms with E-state index in [-0.39, 0.29) is 6.04 Å². The van der Waals surface area contributed by atoms with Gasteiger partial charge in [0.1, 0.15) is 0 Å². The minimum absolute atomic E-state index is 0.0926. The molecule has 0 aromatic carbocycles. The summed E-state index contributed by atoms with van der Waals surface area (Å²) in [4.78, 5) is 4.66. The molecule has 2 unspecified atom stereocenters. The van der Waals surface area contributed by atoms with Gasteiger partial charge in [0.15, 0.2) is 0 Å². The molecule has 1 heterocycles. The van der Waals surface area contributed by atoms with E-state index in [1.165, 1.54) is 5.01 Å². The Kier molecular flexibility index (Phi) is 4.51. The molecule has 2 atom stereocenters. The molecule has 0 aliphatic heterocycles. The van der Waals surface area contributed by atoms with Gasteiger partial charge in [0, 0.05) is 11.8 Å². The van der Waals surface area contributed by atoms with E-state index in [4.69, 9.17) is 5.73 Å². The molecule has 3 heteroatoms. The first kappa shape index (κ1) is 13.7. The van der Waals surface area contributed by atoms with Gasteiger partial charge in [-0.05, 0) is 11.3 Å². The minimum Gasteiger partial charge on any atom is -0.322 e. The summed E-state index contributed by atoms with van der Waals surface area (Å²) in [5, 5.41) is 3.33. The van der Waals surface area contributed by atoms with E-state index >= 15 is 0 Å². The molecular weight excluding hydrogens is 216 g/mol. The van der Waals surface area contributed by atoms with Gasteiger partial charge in [0.2, 0.25) is 0 Å². The van der Waals surface area contributed by atoms with Gasteiger partial charge in [-0.3, -0.25) is 0 Å². The third-order valence-corrected chi connectivity index (χ3v) is 3.72. The Labute approximate surface area is 103 Å². The molecule has 0 amide bonds. The first-order valence-electron chi connectivity index (χ1n) is 6.03. The van der Waals surface area contributed by atoms with Crippen molar-refractivity contribution in [2.75, 3.05) is 0 Å². The highest BCUT2D eigenvalue weighted by Crippen LogP contribution is 2.27. The van der Waals surface area contributed by atoms with Crippen LogP contribution in [0.3, 0.4) is 0 Å². The average molecular weight is 240 g/mol. The quantitative estimate of drug-likeness (QED) is 0.870. The maximum Gasteiger partial charge on any atom is 0.0934 e. The molecule has 2 N–H and O–H groups in total. The standard InChI is InChI=1S/C13H24N2S/c1-6-9(2)12(14)10-8-16-11(15-10)7-13(3,4)5/h8-9,12H,6-7,14H2,1-5H3. The van der Waals surface area contributed by atoms with Gasteiger partial charge in [0.25, 0.3) is 0 Å². The number of nitrogens with zero attached hydrogens (tertiary/aromatic N) is 1. The van der Waals surface area contributed by atoms with Crippen molar-refractivity contribution in [2.24, 2.45) is 17.1 Å². The summed E-state index contributed by atoms with van der Waals surface area (Å²) >= 11 is 1.74. The van der Waals surface area contributed by atoms with Crippen LogP contribution in [0.25, 0.3) is 0 Å².